The van der Waals surface area contributed by atoms with E-state index in [9.17, 15) is 5.11 Å². The number of aromatic nitrogens is 2. The zero-order chi connectivity index (χ0) is 24.7. The Labute approximate surface area is 215 Å². The molecule has 2 aromatic heterocycles. The molecule has 0 radical (unpaired) electrons. The van der Waals surface area contributed by atoms with Crippen LogP contribution in [0.4, 0.5) is 0 Å². The summed E-state index contributed by atoms with van der Waals surface area (Å²) in [5.74, 6) is 0.799. The molecule has 1 aliphatic carbocycles. The van der Waals surface area contributed by atoms with Crippen molar-refractivity contribution in [2.24, 2.45) is 0 Å². The quantitative estimate of drug-likeness (QED) is 0.267. The highest BCUT2D eigenvalue weighted by Gasteiger charge is 2.35. The molecular weight excluding hydrogens is 470 g/mol. The highest BCUT2D eigenvalue weighted by atomic mass is 35.5. The molecule has 1 unspecified atom stereocenters. The summed E-state index contributed by atoms with van der Waals surface area (Å²) in [4.78, 5) is 8.45. The second-order valence-electron chi connectivity index (χ2n) is 9.63. The molecule has 1 atom stereocenters. The Morgan fingerprint density at radius 2 is 1.92 bits per heavy atom. The van der Waals surface area contributed by atoms with Gasteiger partial charge in [0.15, 0.2) is 0 Å². The maximum atomic E-state index is 10.6. The fourth-order valence-electron chi connectivity index (χ4n) is 5.43. The van der Waals surface area contributed by atoms with Gasteiger partial charge >= 0.3 is 0 Å². The van der Waals surface area contributed by atoms with Gasteiger partial charge in [0, 0.05) is 34.1 Å². The zero-order valence-electron chi connectivity index (χ0n) is 20.1. The number of aliphatic hydroxyl groups excluding tert-OH is 1. The van der Waals surface area contributed by atoms with Crippen LogP contribution < -0.4 is 10.1 Å². The van der Waals surface area contributed by atoms with Gasteiger partial charge in [0.1, 0.15) is 5.75 Å². The van der Waals surface area contributed by atoms with Crippen molar-refractivity contribution in [3.05, 3.63) is 94.6 Å². The Hall–Kier alpha value is -3.38. The van der Waals surface area contributed by atoms with Crippen LogP contribution in [0.2, 0.25) is 5.02 Å². The largest absolute Gasteiger partial charge is 0.497 e. The van der Waals surface area contributed by atoms with Crippen molar-refractivity contribution in [1.82, 2.24) is 15.3 Å². The van der Waals surface area contributed by atoms with E-state index in [4.69, 9.17) is 21.3 Å². The molecule has 5 nitrogen and oxygen atoms in total. The molecule has 0 fully saturated rings. The van der Waals surface area contributed by atoms with Gasteiger partial charge in [0.2, 0.25) is 0 Å². The van der Waals surface area contributed by atoms with Crippen molar-refractivity contribution < 1.29 is 9.84 Å². The smallest absolute Gasteiger partial charge is 0.119 e. The molecule has 182 valence electrons. The van der Waals surface area contributed by atoms with E-state index in [0.29, 0.717) is 6.54 Å². The summed E-state index contributed by atoms with van der Waals surface area (Å²) in [6.07, 6.45) is 2.42. The van der Waals surface area contributed by atoms with Crippen molar-refractivity contribution in [2.45, 2.75) is 31.3 Å². The summed E-state index contributed by atoms with van der Waals surface area (Å²) in [6.45, 7) is 0.655. The number of halogens is 1. The van der Waals surface area contributed by atoms with E-state index in [1.54, 1.807) is 7.11 Å². The van der Waals surface area contributed by atoms with E-state index in [0.717, 1.165) is 68.7 Å². The molecule has 0 saturated carbocycles. The number of H-pyrrole nitrogens is 1. The van der Waals surface area contributed by atoms with Gasteiger partial charge in [-0.1, -0.05) is 54.1 Å². The highest BCUT2D eigenvalue weighted by Crippen LogP contribution is 2.37. The van der Waals surface area contributed by atoms with Crippen LogP contribution in [0.15, 0.2) is 72.8 Å². The third kappa shape index (κ3) is 4.03. The molecule has 0 saturated heterocycles. The Morgan fingerprint density at radius 1 is 1.06 bits per heavy atom. The third-order valence-electron chi connectivity index (χ3n) is 7.48. The molecule has 0 bridgehead atoms. The molecule has 6 heteroatoms. The van der Waals surface area contributed by atoms with E-state index >= 15 is 0 Å². The first-order valence-electron chi connectivity index (χ1n) is 12.3. The summed E-state index contributed by atoms with van der Waals surface area (Å²) in [5, 5.41) is 17.3. The molecule has 3 aromatic carbocycles. The van der Waals surface area contributed by atoms with Crippen LogP contribution in [0.25, 0.3) is 33.1 Å². The van der Waals surface area contributed by atoms with Gasteiger partial charge in [-0.15, -0.1) is 0 Å². The molecule has 0 spiro atoms. The van der Waals surface area contributed by atoms with Crippen LogP contribution in [0.1, 0.15) is 23.2 Å². The number of methoxy groups -OCH3 is 1. The first-order chi connectivity index (χ1) is 17.6. The number of rotatable bonds is 6. The van der Waals surface area contributed by atoms with Crippen molar-refractivity contribution in [1.29, 1.82) is 0 Å². The lowest BCUT2D eigenvalue weighted by Gasteiger charge is -2.37. The number of benzene rings is 3. The summed E-state index contributed by atoms with van der Waals surface area (Å²) in [7, 11) is 1.68. The van der Waals surface area contributed by atoms with E-state index in [-0.39, 0.29) is 6.61 Å². The Morgan fingerprint density at radius 3 is 2.72 bits per heavy atom. The number of para-hydroxylation sites is 1. The fraction of sp³-hybridized carbons (Fsp3) is 0.233. The molecule has 0 aliphatic heterocycles. The molecule has 2 heterocycles. The minimum Gasteiger partial charge on any atom is -0.497 e. The van der Waals surface area contributed by atoms with Gasteiger partial charge in [-0.2, -0.15) is 0 Å². The number of fused-ring (bicyclic) bond motifs is 4. The number of hydrogen-bond acceptors (Lipinski definition) is 4. The number of pyridine rings is 1. The lowest BCUT2D eigenvalue weighted by Crippen LogP contribution is -2.52. The summed E-state index contributed by atoms with van der Waals surface area (Å²) < 4.78 is 5.51. The second kappa shape index (κ2) is 9.25. The van der Waals surface area contributed by atoms with Crippen molar-refractivity contribution in [3.63, 3.8) is 0 Å². The van der Waals surface area contributed by atoms with Crippen LogP contribution >= 0.6 is 11.6 Å². The predicted molar refractivity (Wildman–Crippen MR) is 146 cm³/mol. The molecule has 1 aliphatic rings. The normalized spacial score (nSPS) is 17.4. The van der Waals surface area contributed by atoms with Gasteiger partial charge in [0.05, 0.1) is 35.5 Å². The summed E-state index contributed by atoms with van der Waals surface area (Å²) in [5.41, 5.74) is 7.07. The van der Waals surface area contributed by atoms with Crippen LogP contribution in [-0.4, -0.2) is 34.3 Å². The van der Waals surface area contributed by atoms with Gasteiger partial charge < -0.3 is 20.1 Å². The molecule has 6 rings (SSSR count). The Balaban J connectivity index is 1.37. The summed E-state index contributed by atoms with van der Waals surface area (Å²) >= 11 is 6.46. The van der Waals surface area contributed by atoms with Crippen LogP contribution in [-0.2, 0) is 19.4 Å². The molecular formula is C30H28ClN3O2. The standard InChI is InChI=1S/C30H28ClN3O2/c1-36-21-10-11-26-23(15-21)20(14-28(33-26)19-6-3-2-4-7-19)17-32-30(18-35)13-12-27-24(16-30)22-8-5-9-25(31)29(22)34-27/h2-11,14-15,32,34-35H,12-13,16-18H2,1H3. The topological polar surface area (TPSA) is 70.2 Å². The van der Waals surface area contributed by atoms with Crippen molar-refractivity contribution >= 4 is 33.4 Å². The Bertz CT molecular complexity index is 1560. The molecule has 5 aromatic rings. The number of aryl methyl sites for hydroxylation is 1. The second-order valence-corrected chi connectivity index (χ2v) is 10.0. The minimum atomic E-state index is -0.425. The summed E-state index contributed by atoms with van der Waals surface area (Å²) in [6, 6.07) is 24.4. The fourth-order valence-corrected chi connectivity index (χ4v) is 5.65. The first-order valence-corrected chi connectivity index (χ1v) is 12.6. The number of nitrogens with one attached hydrogen (secondary N) is 2. The maximum Gasteiger partial charge on any atom is 0.119 e. The average molecular weight is 498 g/mol. The first kappa shape index (κ1) is 23.0. The van der Waals surface area contributed by atoms with Crippen LogP contribution in [0.3, 0.4) is 0 Å². The zero-order valence-corrected chi connectivity index (χ0v) is 20.9. The molecule has 3 N–H and O–H groups in total. The average Bonchev–Trinajstić information content (AvgIpc) is 3.30. The van der Waals surface area contributed by atoms with Gasteiger partial charge in [-0.05, 0) is 60.7 Å². The molecule has 0 amide bonds. The van der Waals surface area contributed by atoms with Crippen LogP contribution in [0.5, 0.6) is 5.75 Å². The van der Waals surface area contributed by atoms with Crippen molar-refractivity contribution in [2.75, 3.05) is 13.7 Å². The molecule has 36 heavy (non-hydrogen) atoms. The number of aromatic amines is 1. The maximum absolute atomic E-state index is 10.6. The monoisotopic (exact) mass is 497 g/mol. The van der Waals surface area contributed by atoms with E-state index in [2.05, 4.69) is 34.6 Å². The lowest BCUT2D eigenvalue weighted by molar-refractivity contribution is 0.143. The van der Waals surface area contributed by atoms with Crippen molar-refractivity contribution in [3.8, 4) is 17.0 Å². The number of ether oxygens (including phenoxy) is 1. The van der Waals surface area contributed by atoms with E-state index in [1.807, 2.05) is 48.5 Å². The predicted octanol–water partition coefficient (Wildman–Crippen LogP) is 6.05. The highest BCUT2D eigenvalue weighted by molar-refractivity contribution is 6.35. The van der Waals surface area contributed by atoms with Gasteiger partial charge in [-0.25, -0.2) is 4.98 Å². The van der Waals surface area contributed by atoms with Gasteiger partial charge in [0.25, 0.3) is 0 Å². The van der Waals surface area contributed by atoms with Gasteiger partial charge in [-0.3, -0.25) is 0 Å². The third-order valence-corrected chi connectivity index (χ3v) is 7.79. The van der Waals surface area contributed by atoms with E-state index in [1.165, 1.54) is 11.3 Å². The number of nitrogens with zero attached hydrogens (tertiary/aromatic N) is 1. The number of aliphatic hydroxyl groups is 1. The SMILES string of the molecule is COc1ccc2nc(-c3ccccc3)cc(CNC3(CO)CCc4[nH]c5c(Cl)cccc5c4C3)c2c1. The van der Waals surface area contributed by atoms with Crippen LogP contribution in [0, 0.1) is 0 Å². The minimum absolute atomic E-state index is 0.0531. The number of hydrogen-bond donors (Lipinski definition) is 3. The lowest BCUT2D eigenvalue weighted by atomic mass is 9.80. The van der Waals surface area contributed by atoms with E-state index < -0.39 is 5.54 Å². The Kier molecular flexibility index (Phi) is 5.92.